The van der Waals surface area contributed by atoms with Gasteiger partial charge >= 0.3 is 6.09 Å². The molecule has 3 aromatic rings. The summed E-state index contributed by atoms with van der Waals surface area (Å²) in [5.41, 5.74) is 0.896. The molecule has 1 aliphatic rings. The molecule has 0 spiro atoms. The Morgan fingerprint density at radius 3 is 2.80 bits per heavy atom. The molecule has 0 radical (unpaired) electrons. The third-order valence-electron chi connectivity index (χ3n) is 5.96. The molecule has 0 bridgehead atoms. The minimum Gasteiger partial charge on any atom is -0.464 e. The van der Waals surface area contributed by atoms with Crippen molar-refractivity contribution < 1.29 is 9.90 Å². The Hall–Kier alpha value is -2.44. The Balaban J connectivity index is 1.52. The molecule has 1 atom stereocenters. The van der Waals surface area contributed by atoms with Gasteiger partial charge in [-0.25, -0.2) is 14.7 Å². The van der Waals surface area contributed by atoms with Gasteiger partial charge in [0.15, 0.2) is 0 Å². The SMILES string of the molecule is CC(CC1CCCCC1)NCc1cccnc1N(C(=O)O)c1cc2ccccc2s1. The lowest BCUT2D eigenvalue weighted by molar-refractivity contribution is 0.204. The van der Waals surface area contributed by atoms with E-state index in [2.05, 4.69) is 17.2 Å². The fourth-order valence-electron chi connectivity index (χ4n) is 4.43. The maximum Gasteiger partial charge on any atom is 0.418 e. The molecule has 2 aromatic heterocycles. The number of pyridine rings is 1. The van der Waals surface area contributed by atoms with Gasteiger partial charge in [-0.3, -0.25) is 0 Å². The molecular formula is C24H29N3O2S. The molecule has 6 heteroatoms. The molecule has 2 heterocycles. The van der Waals surface area contributed by atoms with E-state index in [1.807, 2.05) is 42.5 Å². The van der Waals surface area contributed by atoms with Crippen LogP contribution in [0.1, 0.15) is 51.0 Å². The van der Waals surface area contributed by atoms with Crippen molar-refractivity contribution in [3.8, 4) is 0 Å². The predicted molar refractivity (Wildman–Crippen MR) is 124 cm³/mol. The fraction of sp³-hybridized carbons (Fsp3) is 0.417. The molecule has 4 rings (SSSR count). The van der Waals surface area contributed by atoms with Gasteiger partial charge in [-0.05, 0) is 42.8 Å². The number of nitrogens with zero attached hydrogens (tertiary/aromatic N) is 2. The molecule has 1 saturated carbocycles. The van der Waals surface area contributed by atoms with E-state index in [1.165, 1.54) is 54.8 Å². The highest BCUT2D eigenvalue weighted by Crippen LogP contribution is 2.37. The molecule has 0 saturated heterocycles. The van der Waals surface area contributed by atoms with Crippen molar-refractivity contribution in [2.24, 2.45) is 5.92 Å². The monoisotopic (exact) mass is 423 g/mol. The van der Waals surface area contributed by atoms with Crippen molar-refractivity contribution in [3.05, 3.63) is 54.2 Å². The van der Waals surface area contributed by atoms with E-state index in [0.717, 1.165) is 21.6 Å². The normalized spacial score (nSPS) is 15.9. The lowest BCUT2D eigenvalue weighted by atomic mass is 9.85. The van der Waals surface area contributed by atoms with E-state index in [1.54, 1.807) is 6.20 Å². The van der Waals surface area contributed by atoms with Gasteiger partial charge in [-0.1, -0.05) is 56.4 Å². The first-order chi connectivity index (χ1) is 14.6. The zero-order valence-corrected chi connectivity index (χ0v) is 18.2. The van der Waals surface area contributed by atoms with Crippen molar-refractivity contribution in [1.29, 1.82) is 0 Å². The van der Waals surface area contributed by atoms with Gasteiger partial charge in [0.1, 0.15) is 10.8 Å². The summed E-state index contributed by atoms with van der Waals surface area (Å²) in [6, 6.07) is 14.1. The van der Waals surface area contributed by atoms with Crippen LogP contribution in [0.3, 0.4) is 0 Å². The number of nitrogens with one attached hydrogen (secondary N) is 1. The van der Waals surface area contributed by atoms with Crippen LogP contribution in [0.5, 0.6) is 0 Å². The molecule has 2 N–H and O–H groups in total. The van der Waals surface area contributed by atoms with Crippen LogP contribution < -0.4 is 10.2 Å². The summed E-state index contributed by atoms with van der Waals surface area (Å²) in [5.74, 6) is 1.29. The van der Waals surface area contributed by atoms with Gasteiger partial charge in [-0.15, -0.1) is 11.3 Å². The second kappa shape index (κ2) is 9.58. The van der Waals surface area contributed by atoms with Crippen molar-refractivity contribution in [1.82, 2.24) is 10.3 Å². The number of anilines is 2. The van der Waals surface area contributed by atoms with E-state index in [4.69, 9.17) is 0 Å². The molecule has 5 nitrogen and oxygen atoms in total. The van der Waals surface area contributed by atoms with Crippen LogP contribution in [-0.2, 0) is 6.54 Å². The van der Waals surface area contributed by atoms with Gasteiger partial charge in [0.05, 0.1) is 0 Å². The van der Waals surface area contributed by atoms with Gasteiger partial charge in [0.25, 0.3) is 0 Å². The Morgan fingerprint density at radius 1 is 1.23 bits per heavy atom. The average Bonchev–Trinajstić information content (AvgIpc) is 3.17. The number of rotatable bonds is 7. The Morgan fingerprint density at radius 2 is 2.03 bits per heavy atom. The zero-order valence-electron chi connectivity index (χ0n) is 17.4. The summed E-state index contributed by atoms with van der Waals surface area (Å²) in [6.07, 6.45) is 8.57. The van der Waals surface area contributed by atoms with Gasteiger partial charge in [0.2, 0.25) is 0 Å². The second-order valence-corrected chi connectivity index (χ2v) is 9.31. The molecule has 158 valence electrons. The van der Waals surface area contributed by atoms with E-state index < -0.39 is 6.09 Å². The number of amides is 1. The van der Waals surface area contributed by atoms with Gasteiger partial charge in [-0.2, -0.15) is 0 Å². The van der Waals surface area contributed by atoms with Crippen LogP contribution in [0.25, 0.3) is 10.1 Å². The molecule has 1 unspecified atom stereocenters. The maximum absolute atomic E-state index is 12.2. The van der Waals surface area contributed by atoms with E-state index >= 15 is 0 Å². The average molecular weight is 424 g/mol. The van der Waals surface area contributed by atoms with Crippen molar-refractivity contribution in [2.75, 3.05) is 4.90 Å². The predicted octanol–water partition coefficient (Wildman–Crippen LogP) is 6.56. The smallest absolute Gasteiger partial charge is 0.418 e. The summed E-state index contributed by atoms with van der Waals surface area (Å²) < 4.78 is 1.07. The summed E-state index contributed by atoms with van der Waals surface area (Å²) in [7, 11) is 0. The third kappa shape index (κ3) is 4.82. The number of benzene rings is 1. The number of fused-ring (bicyclic) bond motifs is 1. The Kier molecular flexibility index (Phi) is 6.65. The molecular weight excluding hydrogens is 394 g/mol. The molecule has 30 heavy (non-hydrogen) atoms. The summed E-state index contributed by atoms with van der Waals surface area (Å²) >= 11 is 1.47. The van der Waals surface area contributed by atoms with Crippen LogP contribution in [0, 0.1) is 5.92 Å². The van der Waals surface area contributed by atoms with Gasteiger partial charge in [0, 0.05) is 29.0 Å². The molecule has 1 amide bonds. The highest BCUT2D eigenvalue weighted by Gasteiger charge is 2.24. The Labute approximate surface area is 181 Å². The van der Waals surface area contributed by atoms with Crippen LogP contribution in [0.4, 0.5) is 15.6 Å². The van der Waals surface area contributed by atoms with Crippen LogP contribution >= 0.6 is 11.3 Å². The van der Waals surface area contributed by atoms with E-state index in [9.17, 15) is 9.90 Å². The second-order valence-electron chi connectivity index (χ2n) is 8.25. The third-order valence-corrected chi connectivity index (χ3v) is 7.06. The quantitative estimate of drug-likeness (QED) is 0.451. The van der Waals surface area contributed by atoms with E-state index in [0.29, 0.717) is 23.4 Å². The zero-order chi connectivity index (χ0) is 20.9. The van der Waals surface area contributed by atoms with Crippen LogP contribution in [0.15, 0.2) is 48.7 Å². The minimum absolute atomic E-state index is 0.392. The van der Waals surface area contributed by atoms with Crippen molar-refractivity contribution >= 4 is 38.3 Å². The summed E-state index contributed by atoms with van der Waals surface area (Å²) in [6.45, 7) is 2.83. The maximum atomic E-state index is 12.2. The number of thiophene rings is 1. The number of aromatic nitrogens is 1. The summed E-state index contributed by atoms with van der Waals surface area (Å²) in [5, 5.41) is 15.3. The standard InChI is InChI=1S/C24H29N3O2S/c1-17(14-18-8-3-2-4-9-18)26-16-20-11-7-13-25-23(20)27(24(28)29)22-15-19-10-5-6-12-21(19)30-22/h5-7,10-13,15,17-18,26H,2-4,8-9,14,16H2,1H3,(H,28,29). The fourth-order valence-corrected chi connectivity index (χ4v) is 5.49. The summed E-state index contributed by atoms with van der Waals surface area (Å²) in [4.78, 5) is 18.0. The first-order valence-corrected chi connectivity index (χ1v) is 11.6. The van der Waals surface area contributed by atoms with Crippen molar-refractivity contribution in [3.63, 3.8) is 0 Å². The lowest BCUT2D eigenvalue weighted by Crippen LogP contribution is -2.30. The van der Waals surface area contributed by atoms with Crippen LogP contribution in [0.2, 0.25) is 0 Å². The van der Waals surface area contributed by atoms with E-state index in [-0.39, 0.29) is 0 Å². The molecule has 1 aliphatic carbocycles. The lowest BCUT2D eigenvalue weighted by Gasteiger charge is -2.26. The Bertz CT molecular complexity index is 964. The molecule has 1 aromatic carbocycles. The highest BCUT2D eigenvalue weighted by atomic mass is 32.1. The highest BCUT2D eigenvalue weighted by molar-refractivity contribution is 7.23. The number of carboxylic acid groups (broad SMARTS) is 1. The molecule has 1 fully saturated rings. The number of carbonyl (C=O) groups is 1. The minimum atomic E-state index is -1.02. The largest absolute Gasteiger partial charge is 0.464 e. The topological polar surface area (TPSA) is 65.5 Å². The van der Waals surface area contributed by atoms with Crippen LogP contribution in [-0.4, -0.2) is 22.2 Å². The first-order valence-electron chi connectivity index (χ1n) is 10.8. The molecule has 0 aliphatic heterocycles. The number of hydrogen-bond donors (Lipinski definition) is 2. The number of hydrogen-bond acceptors (Lipinski definition) is 4. The first kappa shape index (κ1) is 20.8. The van der Waals surface area contributed by atoms with Gasteiger partial charge < -0.3 is 10.4 Å². The van der Waals surface area contributed by atoms with Crippen molar-refractivity contribution in [2.45, 2.75) is 58.0 Å².